The number of anilines is 1. The van der Waals surface area contributed by atoms with Crippen LogP contribution in [0.1, 0.15) is 26.6 Å². The van der Waals surface area contributed by atoms with Crippen molar-refractivity contribution in [2.45, 2.75) is 13.3 Å². The molecule has 1 amide bonds. The van der Waals surface area contributed by atoms with Gasteiger partial charge in [-0.15, -0.1) is 11.3 Å². The largest absolute Gasteiger partial charge is 0.461 e. The van der Waals surface area contributed by atoms with E-state index in [9.17, 15) is 4.79 Å². The van der Waals surface area contributed by atoms with Gasteiger partial charge in [0.15, 0.2) is 5.13 Å². The number of thiazole rings is 1. The third kappa shape index (κ3) is 4.16. The van der Waals surface area contributed by atoms with Gasteiger partial charge in [-0.25, -0.2) is 4.98 Å². The molecule has 6 heteroatoms. The lowest BCUT2D eigenvalue weighted by Gasteiger charge is -1.99. The molecule has 4 aromatic rings. The predicted molar refractivity (Wildman–Crippen MR) is 113 cm³/mol. The molecule has 0 unspecified atom stereocenters. The van der Waals surface area contributed by atoms with E-state index in [1.54, 1.807) is 31.3 Å². The van der Waals surface area contributed by atoms with Crippen LogP contribution >= 0.6 is 22.9 Å². The predicted octanol–water partition coefficient (Wildman–Crippen LogP) is 6.21. The number of nitrogens with zero attached hydrogens (tertiary/aromatic N) is 1. The molecular formula is C22H17ClN2O2S. The minimum atomic E-state index is -0.234. The summed E-state index contributed by atoms with van der Waals surface area (Å²) in [7, 11) is 0. The molecule has 0 atom stereocenters. The number of benzene rings is 2. The quantitative estimate of drug-likeness (QED) is 0.427. The first-order valence-corrected chi connectivity index (χ1v) is 9.94. The van der Waals surface area contributed by atoms with Gasteiger partial charge >= 0.3 is 0 Å². The summed E-state index contributed by atoms with van der Waals surface area (Å²) in [5.74, 6) is 0.953. The Hall–Kier alpha value is -2.89. The van der Waals surface area contributed by atoms with Crippen LogP contribution in [0.2, 0.25) is 5.02 Å². The molecule has 0 saturated heterocycles. The van der Waals surface area contributed by atoms with Gasteiger partial charge < -0.3 is 4.42 Å². The maximum Gasteiger partial charge on any atom is 0.261 e. The Labute approximate surface area is 171 Å². The van der Waals surface area contributed by atoms with E-state index in [4.69, 9.17) is 16.0 Å². The van der Waals surface area contributed by atoms with E-state index in [1.807, 2.05) is 30.3 Å². The van der Waals surface area contributed by atoms with E-state index >= 15 is 0 Å². The third-order valence-electron chi connectivity index (χ3n) is 4.29. The second-order valence-corrected chi connectivity index (χ2v) is 7.89. The number of carbonyl (C=O) groups is 1. The number of nitrogens with one attached hydrogen (secondary N) is 1. The molecule has 28 heavy (non-hydrogen) atoms. The Morgan fingerprint density at radius 1 is 1.14 bits per heavy atom. The highest BCUT2D eigenvalue weighted by Gasteiger charge is 2.17. The van der Waals surface area contributed by atoms with Crippen molar-refractivity contribution in [1.82, 2.24) is 4.98 Å². The zero-order valence-corrected chi connectivity index (χ0v) is 16.7. The molecule has 4 rings (SSSR count). The highest BCUT2D eigenvalue weighted by atomic mass is 35.5. The lowest BCUT2D eigenvalue weighted by molar-refractivity contribution is 0.102. The third-order valence-corrected chi connectivity index (χ3v) is 5.45. The Balaban J connectivity index is 1.47. The van der Waals surface area contributed by atoms with Gasteiger partial charge in [0.05, 0.1) is 5.56 Å². The first-order chi connectivity index (χ1) is 13.6. The molecule has 0 bridgehead atoms. The lowest BCUT2D eigenvalue weighted by atomic mass is 10.1. The summed E-state index contributed by atoms with van der Waals surface area (Å²) in [6.07, 6.45) is 2.59. The fourth-order valence-electron chi connectivity index (χ4n) is 2.87. The summed E-state index contributed by atoms with van der Waals surface area (Å²) in [6, 6.07) is 19.2. The number of aryl methyl sites for hydroxylation is 1. The van der Waals surface area contributed by atoms with E-state index in [2.05, 4.69) is 22.4 Å². The molecule has 0 aliphatic carbocycles. The number of rotatable bonds is 5. The van der Waals surface area contributed by atoms with Gasteiger partial charge in [0.1, 0.15) is 11.5 Å². The van der Waals surface area contributed by atoms with Crippen LogP contribution in [-0.2, 0) is 6.42 Å². The van der Waals surface area contributed by atoms with Crippen LogP contribution in [0.15, 0.2) is 71.3 Å². The van der Waals surface area contributed by atoms with Gasteiger partial charge in [-0.05, 0) is 42.8 Å². The van der Waals surface area contributed by atoms with Gasteiger partial charge in [0.2, 0.25) is 0 Å². The molecule has 4 nitrogen and oxygen atoms in total. The Bertz CT molecular complexity index is 1100. The summed E-state index contributed by atoms with van der Waals surface area (Å²) < 4.78 is 5.76. The molecule has 0 radical (unpaired) electrons. The van der Waals surface area contributed by atoms with Crippen molar-refractivity contribution in [2.75, 3.05) is 5.32 Å². The summed E-state index contributed by atoms with van der Waals surface area (Å²) >= 11 is 7.40. The van der Waals surface area contributed by atoms with Crippen molar-refractivity contribution in [3.63, 3.8) is 0 Å². The van der Waals surface area contributed by atoms with Crippen LogP contribution in [-0.4, -0.2) is 10.9 Å². The molecule has 2 aromatic carbocycles. The van der Waals surface area contributed by atoms with Crippen LogP contribution in [0, 0.1) is 6.92 Å². The molecule has 0 fully saturated rings. The van der Waals surface area contributed by atoms with Crippen molar-refractivity contribution < 1.29 is 9.21 Å². The van der Waals surface area contributed by atoms with E-state index in [-0.39, 0.29) is 5.91 Å². The van der Waals surface area contributed by atoms with Crippen LogP contribution < -0.4 is 5.32 Å². The smallest absolute Gasteiger partial charge is 0.261 e. The highest BCUT2D eigenvalue weighted by molar-refractivity contribution is 7.15. The van der Waals surface area contributed by atoms with E-state index in [0.717, 1.165) is 16.9 Å². The van der Waals surface area contributed by atoms with Crippen LogP contribution in [0.25, 0.3) is 11.3 Å². The van der Waals surface area contributed by atoms with E-state index in [0.29, 0.717) is 27.2 Å². The zero-order chi connectivity index (χ0) is 19.5. The topological polar surface area (TPSA) is 55.1 Å². The fourth-order valence-corrected chi connectivity index (χ4v) is 3.84. The molecule has 140 valence electrons. The first-order valence-electron chi connectivity index (χ1n) is 8.75. The molecule has 2 aromatic heterocycles. The maximum atomic E-state index is 12.7. The zero-order valence-electron chi connectivity index (χ0n) is 15.1. The Morgan fingerprint density at radius 3 is 2.64 bits per heavy atom. The Kier molecular flexibility index (Phi) is 5.28. The number of aromatic nitrogens is 1. The minimum Gasteiger partial charge on any atom is -0.461 e. The fraction of sp³-hybridized carbons (Fsp3) is 0.0909. The second kappa shape index (κ2) is 8.00. The van der Waals surface area contributed by atoms with Gasteiger partial charge in [0, 0.05) is 28.1 Å². The molecule has 0 aliphatic rings. The number of hydrogen-bond donors (Lipinski definition) is 1. The SMILES string of the molecule is Cc1oc(-c2ccc(Cl)cc2)cc1C(=O)Nc1ncc(Cc2ccccc2)s1. The number of furan rings is 1. The number of carbonyl (C=O) groups excluding carboxylic acids is 1. The van der Waals surface area contributed by atoms with Crippen molar-refractivity contribution in [3.05, 3.63) is 93.6 Å². The van der Waals surface area contributed by atoms with Gasteiger partial charge in [-0.1, -0.05) is 41.9 Å². The standard InChI is InChI=1S/C22H17ClN2O2S/c1-14-19(12-20(27-14)16-7-9-17(23)10-8-16)21(26)25-22-24-13-18(28-22)11-15-5-3-2-4-6-15/h2-10,12-13H,11H2,1H3,(H,24,25,26). The molecule has 0 saturated carbocycles. The molecule has 1 N–H and O–H groups in total. The van der Waals surface area contributed by atoms with Crippen LogP contribution in [0.4, 0.5) is 5.13 Å². The first kappa shape index (κ1) is 18.5. The number of amides is 1. The van der Waals surface area contributed by atoms with Gasteiger partial charge in [-0.3, -0.25) is 10.1 Å². The Morgan fingerprint density at radius 2 is 1.89 bits per heavy atom. The van der Waals surface area contributed by atoms with Crippen molar-refractivity contribution in [3.8, 4) is 11.3 Å². The maximum absolute atomic E-state index is 12.7. The van der Waals surface area contributed by atoms with Crippen molar-refractivity contribution in [1.29, 1.82) is 0 Å². The van der Waals surface area contributed by atoms with E-state index in [1.165, 1.54) is 16.9 Å². The van der Waals surface area contributed by atoms with Crippen molar-refractivity contribution >= 4 is 34.0 Å². The summed E-state index contributed by atoms with van der Waals surface area (Å²) in [5, 5.41) is 4.09. The van der Waals surface area contributed by atoms with Crippen molar-refractivity contribution in [2.24, 2.45) is 0 Å². The van der Waals surface area contributed by atoms with Gasteiger partial charge in [-0.2, -0.15) is 0 Å². The number of hydrogen-bond acceptors (Lipinski definition) is 4. The molecule has 2 heterocycles. The summed E-state index contributed by atoms with van der Waals surface area (Å²) in [6.45, 7) is 1.77. The summed E-state index contributed by atoms with van der Waals surface area (Å²) in [4.78, 5) is 18.1. The highest BCUT2D eigenvalue weighted by Crippen LogP contribution is 2.28. The lowest BCUT2D eigenvalue weighted by Crippen LogP contribution is -2.11. The molecular weight excluding hydrogens is 392 g/mol. The van der Waals surface area contributed by atoms with Crippen LogP contribution in [0.3, 0.4) is 0 Å². The molecule has 0 aliphatic heterocycles. The van der Waals surface area contributed by atoms with Gasteiger partial charge in [0.25, 0.3) is 5.91 Å². The van der Waals surface area contributed by atoms with E-state index < -0.39 is 0 Å². The number of halogens is 1. The second-order valence-electron chi connectivity index (χ2n) is 6.34. The van der Waals surface area contributed by atoms with Crippen LogP contribution in [0.5, 0.6) is 0 Å². The monoisotopic (exact) mass is 408 g/mol. The molecule has 0 spiro atoms. The minimum absolute atomic E-state index is 0.234. The normalized spacial score (nSPS) is 10.8. The average Bonchev–Trinajstić information content (AvgIpc) is 3.29. The summed E-state index contributed by atoms with van der Waals surface area (Å²) in [5.41, 5.74) is 2.57. The average molecular weight is 409 g/mol.